The van der Waals surface area contributed by atoms with E-state index in [0.717, 1.165) is 29.6 Å². The van der Waals surface area contributed by atoms with Crippen molar-refractivity contribution in [2.75, 3.05) is 27.2 Å². The number of nitrogens with one attached hydrogen (secondary N) is 2. The number of aromatic nitrogens is 1. The fourth-order valence-corrected chi connectivity index (χ4v) is 3.73. The maximum atomic E-state index is 12.7. The van der Waals surface area contributed by atoms with Crippen molar-refractivity contribution in [2.24, 2.45) is 0 Å². The number of hydrogen-bond acceptors (Lipinski definition) is 2. The molecule has 3 rings (SSSR count). The minimum atomic E-state index is -0.0301. The van der Waals surface area contributed by atoms with E-state index in [4.69, 9.17) is 11.6 Å². The number of aryl methyl sites for hydroxylation is 1. The summed E-state index contributed by atoms with van der Waals surface area (Å²) in [5, 5.41) is 4.92. The molecule has 0 saturated heterocycles. The molecule has 3 aromatic rings. The van der Waals surface area contributed by atoms with Crippen LogP contribution in [0.2, 0.25) is 5.02 Å². The summed E-state index contributed by atoms with van der Waals surface area (Å²) in [6, 6.07) is 14.2. The Balaban J connectivity index is 1.93. The van der Waals surface area contributed by atoms with Crippen LogP contribution in [0.25, 0.3) is 10.9 Å². The van der Waals surface area contributed by atoms with Crippen molar-refractivity contribution >= 4 is 28.4 Å². The third kappa shape index (κ3) is 4.75. The van der Waals surface area contributed by atoms with Gasteiger partial charge in [-0.1, -0.05) is 48.9 Å². The first-order valence-corrected chi connectivity index (χ1v) is 10.1. The number of H-pyrrole nitrogens is 1. The topological polar surface area (TPSA) is 48.1 Å². The Bertz CT molecular complexity index is 931. The summed E-state index contributed by atoms with van der Waals surface area (Å²) in [5.74, 6) is 0.0280. The summed E-state index contributed by atoms with van der Waals surface area (Å²) in [6.07, 6.45) is 3.42. The van der Waals surface area contributed by atoms with Gasteiger partial charge in [-0.25, -0.2) is 0 Å². The number of hydrogen-bond donors (Lipinski definition) is 2. The molecule has 1 heterocycles. The van der Waals surface area contributed by atoms with Gasteiger partial charge in [0.05, 0.1) is 0 Å². The molecule has 1 amide bonds. The minimum Gasteiger partial charge on any atom is -0.361 e. The molecule has 0 aliphatic carbocycles. The number of rotatable bonds is 8. The first kappa shape index (κ1) is 20.4. The van der Waals surface area contributed by atoms with Gasteiger partial charge < -0.3 is 15.2 Å². The number of halogens is 1. The first-order valence-electron chi connectivity index (χ1n) is 9.75. The highest BCUT2D eigenvalue weighted by Crippen LogP contribution is 2.35. The fraction of sp³-hybridized carbons (Fsp3) is 0.348. The average Bonchev–Trinajstić information content (AvgIpc) is 3.10. The van der Waals surface area contributed by atoms with Crippen molar-refractivity contribution in [2.45, 2.75) is 25.7 Å². The van der Waals surface area contributed by atoms with E-state index in [-0.39, 0.29) is 11.8 Å². The molecule has 0 spiro atoms. The van der Waals surface area contributed by atoms with Crippen LogP contribution in [0.1, 0.15) is 36.0 Å². The standard InChI is InChI=1S/C23H28ClN3O/c1-4-16-6-5-7-19-21(15-26-23(16)19)20(17-8-10-18(24)11-9-17)14-22(28)25-12-13-27(2)3/h5-11,15,20,26H,4,12-14H2,1-3H3,(H,25,28). The summed E-state index contributed by atoms with van der Waals surface area (Å²) in [7, 11) is 4.00. The Kier molecular flexibility index (Phi) is 6.76. The van der Waals surface area contributed by atoms with E-state index in [1.807, 2.05) is 38.4 Å². The van der Waals surface area contributed by atoms with E-state index < -0.39 is 0 Å². The highest BCUT2D eigenvalue weighted by Gasteiger charge is 2.22. The third-order valence-corrected chi connectivity index (χ3v) is 5.39. The molecule has 0 saturated carbocycles. The number of carbonyl (C=O) groups excluding carboxylic acids is 1. The van der Waals surface area contributed by atoms with Crippen molar-refractivity contribution < 1.29 is 4.79 Å². The van der Waals surface area contributed by atoms with Gasteiger partial charge in [0, 0.05) is 47.6 Å². The van der Waals surface area contributed by atoms with E-state index in [0.29, 0.717) is 18.0 Å². The number of likely N-dealkylation sites (N-methyl/N-ethyl adjacent to an activating group) is 1. The van der Waals surface area contributed by atoms with Gasteiger partial charge in [-0.3, -0.25) is 4.79 Å². The monoisotopic (exact) mass is 397 g/mol. The van der Waals surface area contributed by atoms with E-state index in [2.05, 4.69) is 46.5 Å². The van der Waals surface area contributed by atoms with Gasteiger partial charge in [0.15, 0.2) is 0 Å². The molecular formula is C23H28ClN3O. The molecule has 148 valence electrons. The lowest BCUT2D eigenvalue weighted by Crippen LogP contribution is -2.32. The maximum Gasteiger partial charge on any atom is 0.220 e. The molecule has 2 aromatic carbocycles. The summed E-state index contributed by atoms with van der Waals surface area (Å²) >= 11 is 6.09. The number of fused-ring (bicyclic) bond motifs is 1. The normalized spacial score (nSPS) is 12.5. The van der Waals surface area contributed by atoms with E-state index >= 15 is 0 Å². The van der Waals surface area contributed by atoms with Crippen molar-refractivity contribution in [3.05, 3.63) is 70.4 Å². The molecule has 1 atom stereocenters. The molecule has 0 aliphatic heterocycles. The second-order valence-corrected chi connectivity index (χ2v) is 7.84. The summed E-state index contributed by atoms with van der Waals surface area (Å²) in [4.78, 5) is 18.2. The van der Waals surface area contributed by atoms with Crippen molar-refractivity contribution in [3.63, 3.8) is 0 Å². The molecule has 0 fully saturated rings. The second-order valence-electron chi connectivity index (χ2n) is 7.40. The Hall–Kier alpha value is -2.30. The van der Waals surface area contributed by atoms with Gasteiger partial charge in [0.25, 0.3) is 0 Å². The molecule has 4 nitrogen and oxygen atoms in total. The van der Waals surface area contributed by atoms with Crippen LogP contribution < -0.4 is 5.32 Å². The van der Waals surface area contributed by atoms with E-state index in [1.54, 1.807) is 0 Å². The lowest BCUT2D eigenvalue weighted by Gasteiger charge is -2.18. The lowest BCUT2D eigenvalue weighted by molar-refractivity contribution is -0.121. The Morgan fingerprint density at radius 2 is 1.93 bits per heavy atom. The fourth-order valence-electron chi connectivity index (χ4n) is 3.60. The second kappa shape index (κ2) is 9.26. The molecule has 2 N–H and O–H groups in total. The lowest BCUT2D eigenvalue weighted by atomic mass is 9.87. The van der Waals surface area contributed by atoms with Gasteiger partial charge in [-0.15, -0.1) is 0 Å². The minimum absolute atomic E-state index is 0.0301. The van der Waals surface area contributed by atoms with Gasteiger partial charge in [0.2, 0.25) is 5.91 Å². The Morgan fingerprint density at radius 1 is 1.18 bits per heavy atom. The molecule has 0 aliphatic rings. The number of amides is 1. The predicted octanol–water partition coefficient (Wildman–Crippen LogP) is 4.58. The third-order valence-electron chi connectivity index (χ3n) is 5.13. The zero-order valence-electron chi connectivity index (χ0n) is 16.8. The molecule has 1 aromatic heterocycles. The summed E-state index contributed by atoms with van der Waals surface area (Å²) in [5.41, 5.74) is 4.69. The largest absolute Gasteiger partial charge is 0.361 e. The zero-order chi connectivity index (χ0) is 20.1. The van der Waals surface area contributed by atoms with Crippen LogP contribution in [-0.4, -0.2) is 43.0 Å². The Morgan fingerprint density at radius 3 is 2.61 bits per heavy atom. The molecular weight excluding hydrogens is 370 g/mol. The van der Waals surface area contributed by atoms with Crippen LogP contribution in [0, 0.1) is 0 Å². The van der Waals surface area contributed by atoms with Crippen LogP contribution >= 0.6 is 11.6 Å². The average molecular weight is 398 g/mol. The highest BCUT2D eigenvalue weighted by atomic mass is 35.5. The molecule has 28 heavy (non-hydrogen) atoms. The Labute approximate surface area is 171 Å². The zero-order valence-corrected chi connectivity index (χ0v) is 17.5. The molecule has 5 heteroatoms. The van der Waals surface area contributed by atoms with Crippen molar-refractivity contribution in [1.82, 2.24) is 15.2 Å². The summed E-state index contributed by atoms with van der Waals surface area (Å²) in [6.45, 7) is 3.63. The van der Waals surface area contributed by atoms with Gasteiger partial charge in [-0.2, -0.15) is 0 Å². The van der Waals surface area contributed by atoms with Gasteiger partial charge >= 0.3 is 0 Å². The number of nitrogens with zero attached hydrogens (tertiary/aromatic N) is 1. The van der Waals surface area contributed by atoms with Crippen LogP contribution in [0.4, 0.5) is 0 Å². The number of benzene rings is 2. The SMILES string of the molecule is CCc1cccc2c(C(CC(=O)NCCN(C)C)c3ccc(Cl)cc3)c[nH]c12. The van der Waals surface area contributed by atoms with Crippen LogP contribution in [0.3, 0.4) is 0 Å². The summed E-state index contributed by atoms with van der Waals surface area (Å²) < 4.78 is 0. The smallest absolute Gasteiger partial charge is 0.220 e. The molecule has 1 unspecified atom stereocenters. The van der Waals surface area contributed by atoms with Crippen molar-refractivity contribution in [1.29, 1.82) is 0 Å². The first-order chi connectivity index (χ1) is 13.5. The van der Waals surface area contributed by atoms with E-state index in [1.165, 1.54) is 10.9 Å². The van der Waals surface area contributed by atoms with Crippen molar-refractivity contribution in [3.8, 4) is 0 Å². The number of carbonyl (C=O) groups is 1. The molecule has 0 bridgehead atoms. The predicted molar refractivity (Wildman–Crippen MR) is 117 cm³/mol. The molecule has 0 radical (unpaired) electrons. The quantitative estimate of drug-likeness (QED) is 0.584. The van der Waals surface area contributed by atoms with Crippen LogP contribution in [0.5, 0.6) is 0 Å². The number of para-hydroxylation sites is 1. The van der Waals surface area contributed by atoms with Gasteiger partial charge in [-0.05, 0) is 49.3 Å². The number of aromatic amines is 1. The van der Waals surface area contributed by atoms with E-state index in [9.17, 15) is 4.79 Å². The maximum absolute atomic E-state index is 12.7. The van der Waals surface area contributed by atoms with Gasteiger partial charge in [0.1, 0.15) is 0 Å². The van der Waals surface area contributed by atoms with Crippen LogP contribution in [-0.2, 0) is 11.2 Å². The highest BCUT2D eigenvalue weighted by molar-refractivity contribution is 6.30. The van der Waals surface area contributed by atoms with Crippen LogP contribution in [0.15, 0.2) is 48.7 Å².